The van der Waals surface area contributed by atoms with Gasteiger partial charge in [-0.1, -0.05) is 18.2 Å². The van der Waals surface area contributed by atoms with Crippen LogP contribution in [0.4, 0.5) is 10.8 Å². The molecule has 100 valence electrons. The Morgan fingerprint density at radius 3 is 2.85 bits per heavy atom. The summed E-state index contributed by atoms with van der Waals surface area (Å²) in [6.45, 7) is 1.97. The van der Waals surface area contributed by atoms with Crippen molar-refractivity contribution < 1.29 is 9.90 Å². The number of hydrogen-bond donors (Lipinski definition) is 2. The lowest BCUT2D eigenvalue weighted by atomic mass is 10.1. The van der Waals surface area contributed by atoms with Crippen molar-refractivity contribution in [2.45, 2.75) is 6.92 Å². The molecule has 0 amide bonds. The fraction of sp³-hybridized carbons (Fsp3) is 0.0714. The number of nitrogens with one attached hydrogen (secondary N) is 1. The monoisotopic (exact) mass is 285 g/mol. The van der Waals surface area contributed by atoms with E-state index in [9.17, 15) is 4.79 Å². The number of carboxylic acids is 1. The molecule has 2 N–H and O–H groups in total. The van der Waals surface area contributed by atoms with Crippen LogP contribution in [0.2, 0.25) is 0 Å². The Balaban J connectivity index is 2.14. The van der Waals surface area contributed by atoms with E-state index >= 15 is 0 Å². The van der Waals surface area contributed by atoms with Gasteiger partial charge in [0.25, 0.3) is 0 Å². The van der Waals surface area contributed by atoms with Gasteiger partial charge >= 0.3 is 5.97 Å². The summed E-state index contributed by atoms with van der Waals surface area (Å²) in [6, 6.07) is 8.94. The van der Waals surface area contributed by atoms with Crippen LogP contribution in [0.5, 0.6) is 0 Å². The minimum atomic E-state index is -1.05. The number of rotatable bonds is 3. The van der Waals surface area contributed by atoms with Gasteiger partial charge in [0.05, 0.1) is 11.2 Å². The lowest BCUT2D eigenvalue weighted by Crippen LogP contribution is -2.02. The van der Waals surface area contributed by atoms with E-state index in [1.165, 1.54) is 17.4 Å². The van der Waals surface area contributed by atoms with Gasteiger partial charge in [-0.2, -0.15) is 0 Å². The predicted molar refractivity (Wildman–Crippen MR) is 78.8 cm³/mol. The summed E-state index contributed by atoms with van der Waals surface area (Å²) in [5.41, 5.74) is 1.35. The molecule has 0 unspecified atom stereocenters. The first-order chi connectivity index (χ1) is 9.63. The smallest absolute Gasteiger partial charge is 0.354 e. The average molecular weight is 285 g/mol. The van der Waals surface area contributed by atoms with E-state index < -0.39 is 5.97 Å². The van der Waals surface area contributed by atoms with Gasteiger partial charge < -0.3 is 10.4 Å². The molecule has 5 nitrogen and oxygen atoms in total. The Morgan fingerprint density at radius 2 is 2.15 bits per heavy atom. The number of aromatic carboxylic acids is 1. The van der Waals surface area contributed by atoms with E-state index in [1.54, 1.807) is 12.3 Å². The molecule has 0 bridgehead atoms. The maximum absolute atomic E-state index is 11.2. The minimum Gasteiger partial charge on any atom is -0.477 e. The van der Waals surface area contributed by atoms with Gasteiger partial charge in [0.2, 0.25) is 0 Å². The number of thiazole rings is 1. The number of aryl methyl sites for hydroxylation is 1. The molecule has 2 aromatic heterocycles. The van der Waals surface area contributed by atoms with Crippen LogP contribution in [-0.4, -0.2) is 21.0 Å². The van der Waals surface area contributed by atoms with Gasteiger partial charge in [-0.25, -0.2) is 14.8 Å². The molecule has 0 aliphatic carbocycles. The van der Waals surface area contributed by atoms with Gasteiger partial charge in [-0.15, -0.1) is 11.3 Å². The van der Waals surface area contributed by atoms with Gasteiger partial charge in [0.15, 0.2) is 10.8 Å². The molecule has 0 aliphatic rings. The number of nitrogens with zero attached hydrogens (tertiary/aromatic N) is 2. The molecule has 0 radical (unpaired) electrons. The SMILES string of the molecule is Cc1cnc(Nc2cc(C(=O)O)nc3ccccc23)s1. The first-order valence-electron chi connectivity index (χ1n) is 5.96. The number of fused-ring (bicyclic) bond motifs is 1. The molecule has 1 aromatic carbocycles. The number of anilines is 2. The molecule has 2 heterocycles. The highest BCUT2D eigenvalue weighted by atomic mass is 32.1. The molecule has 0 saturated carbocycles. The molecule has 0 fully saturated rings. The van der Waals surface area contributed by atoms with Crippen molar-refractivity contribution in [3.8, 4) is 0 Å². The molecular formula is C14H11N3O2S. The fourth-order valence-corrected chi connectivity index (χ4v) is 2.59. The second kappa shape index (κ2) is 4.90. The first-order valence-corrected chi connectivity index (χ1v) is 6.77. The highest BCUT2D eigenvalue weighted by molar-refractivity contribution is 7.15. The van der Waals surface area contributed by atoms with E-state index in [2.05, 4.69) is 15.3 Å². The van der Waals surface area contributed by atoms with Gasteiger partial charge in [-0.05, 0) is 19.1 Å². The van der Waals surface area contributed by atoms with E-state index in [0.717, 1.165) is 15.4 Å². The van der Waals surface area contributed by atoms with E-state index in [4.69, 9.17) is 5.11 Å². The van der Waals surface area contributed by atoms with Gasteiger partial charge in [0.1, 0.15) is 0 Å². The van der Waals surface area contributed by atoms with Crippen molar-refractivity contribution in [2.75, 3.05) is 5.32 Å². The standard InChI is InChI=1S/C14H11N3O2S/c1-8-7-15-14(20-8)17-11-6-12(13(18)19)16-10-5-3-2-4-9(10)11/h2-7H,1H3,(H,18,19)(H,15,16,17). The number of pyridine rings is 1. The highest BCUT2D eigenvalue weighted by Gasteiger charge is 2.11. The molecule has 0 spiro atoms. The molecule has 20 heavy (non-hydrogen) atoms. The van der Waals surface area contributed by atoms with Crippen LogP contribution in [0.25, 0.3) is 10.9 Å². The zero-order chi connectivity index (χ0) is 14.1. The summed E-state index contributed by atoms with van der Waals surface area (Å²) >= 11 is 1.52. The second-order valence-corrected chi connectivity index (χ2v) is 5.51. The van der Waals surface area contributed by atoms with Crippen LogP contribution in [0.15, 0.2) is 36.5 Å². The number of aromatic nitrogens is 2. The van der Waals surface area contributed by atoms with Crippen LogP contribution in [-0.2, 0) is 0 Å². The van der Waals surface area contributed by atoms with Crippen LogP contribution < -0.4 is 5.32 Å². The van der Waals surface area contributed by atoms with Crippen molar-refractivity contribution in [1.29, 1.82) is 0 Å². The zero-order valence-corrected chi connectivity index (χ0v) is 11.4. The fourth-order valence-electron chi connectivity index (χ4n) is 1.92. The Bertz CT molecular complexity index is 798. The molecule has 0 saturated heterocycles. The van der Waals surface area contributed by atoms with Crippen molar-refractivity contribution in [3.05, 3.63) is 47.1 Å². The maximum Gasteiger partial charge on any atom is 0.354 e. The molecule has 0 atom stereocenters. The molecule has 0 aliphatic heterocycles. The van der Waals surface area contributed by atoms with E-state index in [0.29, 0.717) is 11.2 Å². The minimum absolute atomic E-state index is 0.0134. The van der Waals surface area contributed by atoms with Crippen molar-refractivity contribution >= 4 is 39.0 Å². The van der Waals surface area contributed by atoms with Crippen LogP contribution in [0.1, 0.15) is 15.4 Å². The topological polar surface area (TPSA) is 75.1 Å². The van der Waals surface area contributed by atoms with Gasteiger partial charge in [-0.3, -0.25) is 0 Å². The Hall–Kier alpha value is -2.47. The molecule has 3 aromatic rings. The van der Waals surface area contributed by atoms with Crippen molar-refractivity contribution in [2.24, 2.45) is 0 Å². The first kappa shape index (κ1) is 12.6. The summed E-state index contributed by atoms with van der Waals surface area (Å²) in [5.74, 6) is -1.05. The molecular weight excluding hydrogens is 274 g/mol. The predicted octanol–water partition coefficient (Wildman–Crippen LogP) is 3.44. The lowest BCUT2D eigenvalue weighted by molar-refractivity contribution is 0.0691. The van der Waals surface area contributed by atoms with Crippen molar-refractivity contribution in [3.63, 3.8) is 0 Å². The maximum atomic E-state index is 11.2. The second-order valence-electron chi connectivity index (χ2n) is 4.28. The summed E-state index contributed by atoms with van der Waals surface area (Å²) in [4.78, 5) is 20.6. The van der Waals surface area contributed by atoms with Gasteiger partial charge in [0, 0.05) is 16.5 Å². The Morgan fingerprint density at radius 1 is 1.35 bits per heavy atom. The zero-order valence-electron chi connectivity index (χ0n) is 10.6. The third kappa shape index (κ3) is 2.33. The Labute approximate surface area is 118 Å². The number of carboxylic acid groups (broad SMARTS) is 1. The number of benzene rings is 1. The number of carbonyl (C=O) groups is 1. The number of hydrogen-bond acceptors (Lipinski definition) is 5. The van der Waals surface area contributed by atoms with Crippen LogP contribution in [0.3, 0.4) is 0 Å². The van der Waals surface area contributed by atoms with Crippen LogP contribution in [0, 0.1) is 6.92 Å². The molecule has 6 heteroatoms. The summed E-state index contributed by atoms with van der Waals surface area (Å²) < 4.78 is 0. The van der Waals surface area contributed by atoms with E-state index in [1.807, 2.05) is 25.1 Å². The Kier molecular flexibility index (Phi) is 3.08. The average Bonchev–Trinajstić information content (AvgIpc) is 2.84. The normalized spacial score (nSPS) is 10.7. The third-order valence-corrected chi connectivity index (χ3v) is 3.63. The lowest BCUT2D eigenvalue weighted by Gasteiger charge is -2.08. The van der Waals surface area contributed by atoms with Crippen LogP contribution >= 0.6 is 11.3 Å². The number of para-hydroxylation sites is 1. The largest absolute Gasteiger partial charge is 0.477 e. The highest BCUT2D eigenvalue weighted by Crippen LogP contribution is 2.28. The summed E-state index contributed by atoms with van der Waals surface area (Å²) in [5, 5.41) is 13.9. The summed E-state index contributed by atoms with van der Waals surface area (Å²) in [7, 11) is 0. The molecule has 3 rings (SSSR count). The van der Waals surface area contributed by atoms with E-state index in [-0.39, 0.29) is 5.69 Å². The summed E-state index contributed by atoms with van der Waals surface area (Å²) in [6.07, 6.45) is 1.77. The third-order valence-electron chi connectivity index (χ3n) is 2.80. The quantitative estimate of drug-likeness (QED) is 0.771. The van der Waals surface area contributed by atoms with Crippen molar-refractivity contribution in [1.82, 2.24) is 9.97 Å².